The van der Waals surface area contributed by atoms with Gasteiger partial charge in [0.1, 0.15) is 41.9 Å². The molecule has 2 aromatic carbocycles. The maximum absolute atomic E-state index is 13.7. The summed E-state index contributed by atoms with van der Waals surface area (Å²) < 4.78 is 17.7. The molecule has 2 aromatic rings. The highest BCUT2D eigenvalue weighted by atomic mass is 79.9. The van der Waals surface area contributed by atoms with Crippen LogP contribution in [0.2, 0.25) is 27.4 Å². The van der Waals surface area contributed by atoms with Crippen molar-refractivity contribution >= 4 is 81.1 Å². The normalized spacial score (nSPS) is 33.6. The van der Waals surface area contributed by atoms with Gasteiger partial charge in [0.2, 0.25) is 5.91 Å². The fourth-order valence-electron chi connectivity index (χ4n) is 13.0. The van der Waals surface area contributed by atoms with Crippen LogP contribution in [0.15, 0.2) is 33.2 Å². The lowest BCUT2D eigenvalue weighted by Crippen LogP contribution is -2.62. The average Bonchev–Trinajstić information content (AvgIpc) is 3.98. The topological polar surface area (TPSA) is 186 Å². The summed E-state index contributed by atoms with van der Waals surface area (Å²) in [7, 11) is 3.11. The minimum Gasteiger partial charge on any atom is -0.495 e. The third-order valence-corrected chi connectivity index (χ3v) is 19.4. The number of aliphatic hydroxyl groups excluding tert-OH is 3. The van der Waals surface area contributed by atoms with Crippen molar-refractivity contribution < 1.29 is 48.8 Å². The molecule has 3 saturated heterocycles. The van der Waals surface area contributed by atoms with Gasteiger partial charge in [0.15, 0.2) is 0 Å². The number of halogens is 4. The number of carbonyl (C=O) groups excluding carboxylic acids is 2. The fourth-order valence-corrected chi connectivity index (χ4v) is 14.5. The number of cyclic esters (lactones) is 1. The van der Waals surface area contributed by atoms with Crippen LogP contribution < -0.4 is 20.5 Å². The number of fused-ring (bicyclic) bond motifs is 5. The highest BCUT2D eigenvalue weighted by molar-refractivity contribution is 9.11. The van der Waals surface area contributed by atoms with Gasteiger partial charge in [-0.3, -0.25) is 19.3 Å². The minimum atomic E-state index is -0.853. The number of amides is 1. The summed E-state index contributed by atoms with van der Waals surface area (Å²) in [6.45, 7) is 17.4. The zero-order chi connectivity index (χ0) is 53.5. The minimum absolute atomic E-state index is 0. The van der Waals surface area contributed by atoms with E-state index in [4.69, 9.17) is 52.8 Å². The molecular weight excluding hydrogens is 1150 g/mol. The van der Waals surface area contributed by atoms with Crippen LogP contribution in [-0.4, -0.2) is 127 Å². The van der Waals surface area contributed by atoms with E-state index in [1.54, 1.807) is 50.5 Å². The van der Waals surface area contributed by atoms with E-state index in [9.17, 15) is 24.9 Å². The molecule has 6 saturated carbocycles. The van der Waals surface area contributed by atoms with Gasteiger partial charge in [-0.1, -0.05) is 87.0 Å². The molecule has 1 amide bonds. The molecule has 16 atom stereocenters. The Kier molecular flexibility index (Phi) is 25.3. The van der Waals surface area contributed by atoms with Crippen LogP contribution in [-0.2, 0) is 37.1 Å². The van der Waals surface area contributed by atoms with Crippen molar-refractivity contribution in [2.45, 2.75) is 182 Å². The van der Waals surface area contributed by atoms with Gasteiger partial charge >= 0.3 is 5.97 Å². The van der Waals surface area contributed by atoms with Crippen LogP contribution in [0.4, 0.5) is 0 Å². The molecule has 3 aliphatic heterocycles. The molecule has 6 aliphatic carbocycles. The number of carbonyl (C=O) groups is 2. The predicted molar refractivity (Wildman–Crippen MR) is 310 cm³/mol. The van der Waals surface area contributed by atoms with Crippen molar-refractivity contribution in [3.05, 3.63) is 54.4 Å². The zero-order valence-corrected chi connectivity index (χ0v) is 50.3. The zero-order valence-electron chi connectivity index (χ0n) is 44.5. The summed E-state index contributed by atoms with van der Waals surface area (Å²) in [5, 5.41) is 37.4. The van der Waals surface area contributed by atoms with Gasteiger partial charge < -0.3 is 40.6 Å². The Morgan fingerprint density at radius 2 is 1.27 bits per heavy atom. The van der Waals surface area contributed by atoms with Crippen LogP contribution in [0.3, 0.4) is 0 Å². The molecule has 4 bridgehead atoms. The largest absolute Gasteiger partial charge is 0.495 e. The first kappa shape index (κ1) is 68.0. The molecule has 9 fully saturated rings. The average molecular weight is 1240 g/mol. The van der Waals surface area contributed by atoms with Crippen molar-refractivity contribution in [3.63, 3.8) is 0 Å². The molecule has 14 nitrogen and oxygen atoms in total. The predicted octanol–water partition coefficient (Wildman–Crippen LogP) is 11.2. The van der Waals surface area contributed by atoms with Crippen LogP contribution in [0.25, 0.3) is 0 Å². The first-order valence-corrected chi connectivity index (χ1v) is 31.6. The van der Waals surface area contributed by atoms with Crippen LogP contribution in [0, 0.1) is 58.2 Å². The number of rotatable bonds is 11. The number of nitrogens with two attached hydrogens (primary N) is 1. The van der Waals surface area contributed by atoms with Gasteiger partial charge in [-0.15, -0.1) is 17.4 Å². The van der Waals surface area contributed by atoms with E-state index < -0.39 is 36.3 Å². The third-order valence-electron chi connectivity index (χ3n) is 17.5. The SMILES string of the molecule is C.C.C.COc1c(Br)ccc(Cl)c1CN1O[C@@H](CO)C2C1C(=O)O[C@H]2C.COc1c(Br)ccc(Cl)c1CN1O[C@@H](CO)[C@@H]([C@H](C)O)[C@H]1C(=O)N[C@H]1C[C@H]2C[C@@H]([C@@H]1C)C2(C)C.C[C@@H]1[C@@H](N)C[C@H]2C[C@@H]1C2(C)C.[CH3][Al]([CH3])[CH3]. The van der Waals surface area contributed by atoms with Crippen LogP contribution in [0.1, 0.15) is 114 Å². The Morgan fingerprint density at radius 3 is 1.68 bits per heavy atom. The van der Waals surface area contributed by atoms with Gasteiger partial charge in [0.05, 0.1) is 61.5 Å². The van der Waals surface area contributed by atoms with Gasteiger partial charge in [-0.2, -0.15) is 10.1 Å². The van der Waals surface area contributed by atoms with Crippen molar-refractivity contribution in [1.82, 2.24) is 15.4 Å². The lowest BCUT2D eigenvalue weighted by molar-refractivity contribution is -0.195. The summed E-state index contributed by atoms with van der Waals surface area (Å²) >= 11 is 19.5. The van der Waals surface area contributed by atoms with Gasteiger partial charge in [-0.25, -0.2) is 0 Å². The van der Waals surface area contributed by atoms with Gasteiger partial charge in [0, 0.05) is 39.2 Å². The number of ether oxygens (including phenoxy) is 3. The molecule has 0 radical (unpaired) electrons. The number of aliphatic hydroxyl groups is 3. The molecule has 75 heavy (non-hydrogen) atoms. The van der Waals surface area contributed by atoms with E-state index in [-0.39, 0.29) is 92.7 Å². The Bertz CT molecular complexity index is 2210. The second-order valence-electron chi connectivity index (χ2n) is 23.2. The summed E-state index contributed by atoms with van der Waals surface area (Å²) in [4.78, 5) is 37.7. The van der Waals surface area contributed by atoms with E-state index >= 15 is 0 Å². The molecule has 0 aromatic heterocycles. The summed E-state index contributed by atoms with van der Waals surface area (Å²) in [6, 6.07) is 6.33. The molecule has 0 spiro atoms. The maximum atomic E-state index is 13.7. The second kappa shape index (κ2) is 27.9. The lowest BCUT2D eigenvalue weighted by atomic mass is 9.45. The van der Waals surface area contributed by atoms with E-state index in [1.807, 2.05) is 6.92 Å². The van der Waals surface area contributed by atoms with Crippen molar-refractivity contribution in [3.8, 4) is 11.5 Å². The Morgan fingerprint density at radius 1 is 0.813 bits per heavy atom. The summed E-state index contributed by atoms with van der Waals surface area (Å²) in [5.41, 5.74) is 8.31. The molecule has 9 aliphatic rings. The fraction of sp³-hybridized carbons (Fsp3) is 0.750. The van der Waals surface area contributed by atoms with Crippen molar-refractivity contribution in [1.29, 1.82) is 0 Å². The Balaban J connectivity index is 0.000000310. The maximum Gasteiger partial charge on any atom is 0.326 e. The number of benzene rings is 2. The first-order chi connectivity index (χ1) is 33.7. The number of hydrogen-bond acceptors (Lipinski definition) is 13. The first-order valence-electron chi connectivity index (χ1n) is 25.8. The Hall–Kier alpha value is -1.27. The van der Waals surface area contributed by atoms with E-state index in [0.29, 0.717) is 67.3 Å². The molecule has 2 unspecified atom stereocenters. The number of esters is 1. The van der Waals surface area contributed by atoms with Gasteiger partial charge in [-0.05, 0) is 142 Å². The van der Waals surface area contributed by atoms with Gasteiger partial charge in [0.25, 0.3) is 14.1 Å². The molecule has 6 N–H and O–H groups in total. The van der Waals surface area contributed by atoms with Crippen LogP contribution in [0.5, 0.6) is 11.5 Å². The van der Waals surface area contributed by atoms with E-state index in [2.05, 4.69) is 96.1 Å². The number of hydrogen-bond donors (Lipinski definition) is 5. The van der Waals surface area contributed by atoms with E-state index in [1.165, 1.54) is 24.3 Å². The number of nitrogens with zero attached hydrogens (tertiary/aromatic N) is 2. The van der Waals surface area contributed by atoms with Crippen LogP contribution >= 0.6 is 55.1 Å². The quantitative estimate of drug-likeness (QED) is 0.106. The second-order valence-corrected chi connectivity index (χ2v) is 29.2. The lowest BCUT2D eigenvalue weighted by Gasteiger charge is -2.62. The van der Waals surface area contributed by atoms with Crippen molar-refractivity contribution in [2.24, 2.45) is 63.9 Å². The summed E-state index contributed by atoms with van der Waals surface area (Å²) in [5.74, 6) is 10.9. The number of nitrogens with one attached hydrogen (secondary N) is 1. The van der Waals surface area contributed by atoms with Crippen molar-refractivity contribution in [2.75, 3.05) is 27.4 Å². The van der Waals surface area contributed by atoms with E-state index in [0.717, 1.165) is 33.1 Å². The molecule has 11 rings (SSSR count). The number of hydroxylamine groups is 4. The highest BCUT2D eigenvalue weighted by Crippen LogP contribution is 2.62. The standard InChI is InChI=1S/C25H36BrClN2O5.C15H17BrClNO5.C10H19N.3CH4.3CH3.Al/c1-12-16-8-14(25(16,3)4)9-19(12)28-24(32)22-21(13(2)31)20(11-30)34-29(22)10-15-18(27)7-6-17(26)23(15)33-5;1-7-12-11(6-19)23-18(13(12)15(20)22-7)5-8-10(17)4-3-9(16)14(8)21-2;1-6-8-4-7(5-9(6)11)10(8,2)3;;;;;;;/h6-7,12-14,16,19-22,30-31H,8-11H2,1-5H3,(H,28,32);3-4,7,11-13,19H,5-6H2,1-2H3;6-9H,4-5,11H2,1-3H3;3*1H4;3*1H3;/t12-,13-,14+,16-,19-,20-,21+,22-;7-,11-,12?,13?;6-,7+,8-,9-;;;;;;;/m000......./s1. The Labute approximate surface area is 481 Å². The molecular formula is C56H93AlBr2Cl2N4O10. The third kappa shape index (κ3) is 14.1. The summed E-state index contributed by atoms with van der Waals surface area (Å²) in [6.07, 6.45) is 2.57. The monoisotopic (exact) mass is 1240 g/mol. The highest BCUT2D eigenvalue weighted by Gasteiger charge is 2.59. The molecule has 3 heterocycles. The number of methoxy groups -OCH3 is 2. The molecule has 428 valence electrons. The molecule has 19 heteroatoms. The smallest absolute Gasteiger partial charge is 0.326 e.